The molecule has 8 heteroatoms. The Morgan fingerprint density at radius 1 is 1.59 bits per heavy atom. The first-order valence-electron chi connectivity index (χ1n) is 4.77. The lowest BCUT2D eigenvalue weighted by Gasteiger charge is -2.25. The Bertz CT molecular complexity index is 546. The molecule has 2 rings (SSSR count). The van der Waals surface area contributed by atoms with Crippen LogP contribution in [0.25, 0.3) is 0 Å². The highest BCUT2D eigenvalue weighted by atomic mass is 35.7. The van der Waals surface area contributed by atoms with Gasteiger partial charge < -0.3 is 14.0 Å². The van der Waals surface area contributed by atoms with E-state index >= 15 is 0 Å². The Morgan fingerprint density at radius 3 is 2.65 bits per heavy atom. The van der Waals surface area contributed by atoms with Gasteiger partial charge in [0.15, 0.2) is 0 Å². The number of halogens is 1. The summed E-state index contributed by atoms with van der Waals surface area (Å²) in [6, 6.07) is 1.18. The van der Waals surface area contributed by atoms with Crippen LogP contribution in [0, 0.1) is 0 Å². The molecule has 1 aliphatic heterocycles. The maximum absolute atomic E-state index is 11.7. The number of rotatable bonds is 3. The number of nitrogens with zero attached hydrogens (tertiary/aromatic N) is 1. The third-order valence-electron chi connectivity index (χ3n) is 2.35. The predicted octanol–water partition coefficient (Wildman–Crippen LogP) is 0.508. The Morgan fingerprint density at radius 2 is 2.24 bits per heavy atom. The van der Waals surface area contributed by atoms with E-state index in [4.69, 9.17) is 20.2 Å². The van der Waals surface area contributed by atoms with Crippen LogP contribution in [0.3, 0.4) is 0 Å². The van der Waals surface area contributed by atoms with Crippen LogP contribution in [0.5, 0.6) is 0 Å². The number of esters is 1. The van der Waals surface area contributed by atoms with Gasteiger partial charge in [0.1, 0.15) is 16.7 Å². The van der Waals surface area contributed by atoms with Crippen molar-refractivity contribution >= 4 is 25.7 Å². The van der Waals surface area contributed by atoms with Crippen molar-refractivity contribution in [2.75, 3.05) is 13.2 Å². The van der Waals surface area contributed by atoms with Gasteiger partial charge in [0.05, 0.1) is 13.2 Å². The van der Waals surface area contributed by atoms with E-state index < -0.39 is 15.0 Å². The van der Waals surface area contributed by atoms with Gasteiger partial charge in [0, 0.05) is 23.9 Å². The molecule has 0 bridgehead atoms. The summed E-state index contributed by atoms with van der Waals surface area (Å²) >= 11 is 0. The summed E-state index contributed by atoms with van der Waals surface area (Å²) in [6.45, 7) is 0.744. The van der Waals surface area contributed by atoms with Gasteiger partial charge in [-0.2, -0.15) is 0 Å². The first-order valence-corrected chi connectivity index (χ1v) is 7.08. The molecule has 0 saturated carbocycles. The zero-order valence-corrected chi connectivity index (χ0v) is 10.5. The lowest BCUT2D eigenvalue weighted by molar-refractivity contribution is -0.103. The normalized spacial score (nSPS) is 16.6. The van der Waals surface area contributed by atoms with E-state index in [0.29, 0.717) is 13.2 Å². The average Bonchev–Trinajstić information content (AvgIpc) is 2.53. The molecule has 0 aliphatic carbocycles. The van der Waals surface area contributed by atoms with Crippen LogP contribution >= 0.6 is 10.7 Å². The van der Waals surface area contributed by atoms with Crippen LogP contribution in [0.4, 0.5) is 0 Å². The van der Waals surface area contributed by atoms with E-state index in [1.165, 1.54) is 16.8 Å². The van der Waals surface area contributed by atoms with Gasteiger partial charge in [-0.15, -0.1) is 0 Å². The van der Waals surface area contributed by atoms with Crippen molar-refractivity contribution in [3.8, 4) is 0 Å². The molecular weight excluding hydrogens is 270 g/mol. The molecule has 1 aromatic heterocycles. The number of hydrogen-bond donors (Lipinski definition) is 0. The molecule has 94 valence electrons. The highest BCUT2D eigenvalue weighted by Gasteiger charge is 2.26. The van der Waals surface area contributed by atoms with Crippen molar-refractivity contribution in [3.63, 3.8) is 0 Å². The topological polar surface area (TPSA) is 74.6 Å². The maximum Gasteiger partial charge on any atom is 0.355 e. The van der Waals surface area contributed by atoms with Gasteiger partial charge in [-0.25, -0.2) is 13.2 Å². The van der Waals surface area contributed by atoms with E-state index in [9.17, 15) is 13.2 Å². The molecule has 6 nitrogen and oxygen atoms in total. The van der Waals surface area contributed by atoms with Crippen LogP contribution in [-0.4, -0.2) is 38.3 Å². The smallest absolute Gasteiger partial charge is 0.355 e. The van der Waals surface area contributed by atoms with Gasteiger partial charge in [-0.1, -0.05) is 0 Å². The first-order chi connectivity index (χ1) is 7.88. The second-order valence-corrected chi connectivity index (χ2v) is 6.24. The molecule has 0 amide bonds. The van der Waals surface area contributed by atoms with E-state index in [1.54, 1.807) is 7.05 Å². The van der Waals surface area contributed by atoms with E-state index in [2.05, 4.69) is 0 Å². The van der Waals surface area contributed by atoms with Crippen molar-refractivity contribution < 1.29 is 22.7 Å². The average molecular weight is 280 g/mol. The summed E-state index contributed by atoms with van der Waals surface area (Å²) in [4.78, 5) is 11.5. The third kappa shape index (κ3) is 2.62. The van der Waals surface area contributed by atoms with Gasteiger partial charge in [0.2, 0.25) is 0 Å². The number of ether oxygens (including phenoxy) is 2. The predicted molar refractivity (Wildman–Crippen MR) is 58.5 cm³/mol. The minimum Gasteiger partial charge on any atom is -0.453 e. The minimum atomic E-state index is -3.84. The molecule has 0 radical (unpaired) electrons. The zero-order valence-electron chi connectivity index (χ0n) is 8.92. The molecule has 2 heterocycles. The van der Waals surface area contributed by atoms with Crippen LogP contribution in [0.2, 0.25) is 0 Å². The fourth-order valence-electron chi connectivity index (χ4n) is 1.36. The van der Waals surface area contributed by atoms with Crippen molar-refractivity contribution in [2.45, 2.75) is 11.0 Å². The highest BCUT2D eigenvalue weighted by molar-refractivity contribution is 8.13. The minimum absolute atomic E-state index is 0.126. The Hall–Kier alpha value is -1.05. The van der Waals surface area contributed by atoms with Gasteiger partial charge in [-0.3, -0.25) is 0 Å². The second-order valence-electron chi connectivity index (χ2n) is 3.67. The lowest BCUT2D eigenvalue weighted by atomic mass is 10.3. The maximum atomic E-state index is 11.7. The summed E-state index contributed by atoms with van der Waals surface area (Å²) < 4.78 is 33.5. The Balaban J connectivity index is 2.20. The fourth-order valence-corrected chi connectivity index (χ4v) is 2.15. The largest absolute Gasteiger partial charge is 0.453 e. The number of hydrogen-bond acceptors (Lipinski definition) is 5. The van der Waals surface area contributed by atoms with Crippen LogP contribution in [0.15, 0.2) is 17.2 Å². The molecule has 17 heavy (non-hydrogen) atoms. The SMILES string of the molecule is Cn1cc(S(=O)(=O)Cl)cc1C(=O)OC1COC1. The van der Waals surface area contributed by atoms with E-state index in [-0.39, 0.29) is 16.7 Å². The van der Waals surface area contributed by atoms with Crippen molar-refractivity contribution in [1.29, 1.82) is 0 Å². The number of carbonyl (C=O) groups excluding carboxylic acids is 1. The standard InChI is InChI=1S/C9H10ClNO5S/c1-11-3-7(17(10,13)14)2-8(11)9(12)16-6-4-15-5-6/h2-3,6H,4-5H2,1H3. The quantitative estimate of drug-likeness (QED) is 0.595. The fraction of sp³-hybridized carbons (Fsp3) is 0.444. The van der Waals surface area contributed by atoms with Crippen molar-refractivity contribution in [1.82, 2.24) is 4.57 Å². The van der Waals surface area contributed by atoms with Crippen LogP contribution < -0.4 is 0 Å². The van der Waals surface area contributed by atoms with Crippen LogP contribution in [-0.2, 0) is 25.6 Å². The monoisotopic (exact) mass is 279 g/mol. The number of aryl methyl sites for hydroxylation is 1. The summed E-state index contributed by atoms with van der Waals surface area (Å²) in [5.41, 5.74) is 0.135. The van der Waals surface area contributed by atoms with Gasteiger partial charge >= 0.3 is 5.97 Å². The molecule has 0 atom stereocenters. The summed E-state index contributed by atoms with van der Waals surface area (Å²) in [5.74, 6) is -0.590. The number of carbonyl (C=O) groups is 1. The van der Waals surface area contributed by atoms with E-state index in [0.717, 1.165) is 0 Å². The summed E-state index contributed by atoms with van der Waals surface area (Å²) in [7, 11) is 2.88. The molecule has 0 unspecified atom stereocenters. The summed E-state index contributed by atoms with van der Waals surface area (Å²) in [6.07, 6.45) is 1.00. The van der Waals surface area contributed by atoms with Crippen LogP contribution in [0.1, 0.15) is 10.5 Å². The van der Waals surface area contributed by atoms with Crippen molar-refractivity contribution in [3.05, 3.63) is 18.0 Å². The molecule has 1 fully saturated rings. The first kappa shape index (κ1) is 12.4. The zero-order chi connectivity index (χ0) is 12.6. The molecular formula is C9H10ClNO5S. The number of aromatic nitrogens is 1. The highest BCUT2D eigenvalue weighted by Crippen LogP contribution is 2.19. The Labute approximate surface area is 102 Å². The molecule has 1 saturated heterocycles. The third-order valence-corrected chi connectivity index (χ3v) is 3.67. The van der Waals surface area contributed by atoms with Gasteiger partial charge in [0.25, 0.3) is 9.05 Å². The molecule has 1 aliphatic rings. The van der Waals surface area contributed by atoms with E-state index in [1.807, 2.05) is 0 Å². The van der Waals surface area contributed by atoms with Gasteiger partial charge in [-0.05, 0) is 6.07 Å². The molecule has 0 aromatic carbocycles. The summed E-state index contributed by atoms with van der Waals surface area (Å²) in [5, 5.41) is 0. The molecule has 0 N–H and O–H groups in total. The molecule has 1 aromatic rings. The lowest BCUT2D eigenvalue weighted by Crippen LogP contribution is -2.38. The molecule has 0 spiro atoms. The second kappa shape index (κ2) is 4.32. The van der Waals surface area contributed by atoms with Crippen molar-refractivity contribution in [2.24, 2.45) is 7.05 Å². The Kier molecular flexibility index (Phi) is 3.15.